The van der Waals surface area contributed by atoms with Crippen molar-refractivity contribution in [2.75, 3.05) is 0 Å². The number of hydrogen-bond acceptors (Lipinski definition) is 3. The first-order chi connectivity index (χ1) is 9.49. The zero-order valence-electron chi connectivity index (χ0n) is 10.9. The molecule has 108 valence electrons. The van der Waals surface area contributed by atoms with Crippen LogP contribution in [0.1, 0.15) is 31.2 Å². The maximum Gasteiger partial charge on any atom is 0.307 e. The average Bonchev–Trinajstić information content (AvgIpc) is 2.90. The lowest BCUT2D eigenvalue weighted by Gasteiger charge is -2.19. The van der Waals surface area contributed by atoms with Gasteiger partial charge >= 0.3 is 5.97 Å². The van der Waals surface area contributed by atoms with Crippen LogP contribution in [-0.4, -0.2) is 16.0 Å². The van der Waals surface area contributed by atoms with Gasteiger partial charge in [-0.2, -0.15) is 0 Å². The summed E-state index contributed by atoms with van der Waals surface area (Å²) in [5.41, 5.74) is 0.586. The van der Waals surface area contributed by atoms with E-state index in [0.29, 0.717) is 12.0 Å². The molecule has 0 aromatic heterocycles. The second-order valence-electron chi connectivity index (χ2n) is 5.23. The number of nitro benzene ring substituents is 1. The molecule has 0 saturated heterocycles. The quantitative estimate of drug-likeness (QED) is 0.664. The third-order valence-electron chi connectivity index (χ3n) is 3.97. The largest absolute Gasteiger partial charge is 0.481 e. The van der Waals surface area contributed by atoms with E-state index >= 15 is 0 Å². The molecule has 1 atom stereocenters. The van der Waals surface area contributed by atoms with Gasteiger partial charge in [0.1, 0.15) is 0 Å². The van der Waals surface area contributed by atoms with Crippen LogP contribution in [0.5, 0.6) is 0 Å². The number of rotatable bonds is 5. The monoisotopic (exact) mass is 297 g/mol. The van der Waals surface area contributed by atoms with Crippen LogP contribution in [0.15, 0.2) is 18.2 Å². The predicted molar refractivity (Wildman–Crippen MR) is 74.9 cm³/mol. The minimum Gasteiger partial charge on any atom is -0.481 e. The van der Waals surface area contributed by atoms with E-state index in [2.05, 4.69) is 0 Å². The normalized spacial score (nSPS) is 17.1. The third kappa shape index (κ3) is 3.28. The fourth-order valence-corrected chi connectivity index (χ4v) is 3.12. The summed E-state index contributed by atoms with van der Waals surface area (Å²) < 4.78 is 0. The highest BCUT2D eigenvalue weighted by atomic mass is 35.5. The highest BCUT2D eigenvalue weighted by Crippen LogP contribution is 2.35. The Morgan fingerprint density at radius 3 is 2.60 bits per heavy atom. The Kier molecular flexibility index (Phi) is 4.60. The summed E-state index contributed by atoms with van der Waals surface area (Å²) in [5.74, 6) is -1.10. The number of non-ortho nitro benzene ring substituents is 1. The molecule has 0 amide bonds. The van der Waals surface area contributed by atoms with E-state index in [1.807, 2.05) is 0 Å². The van der Waals surface area contributed by atoms with E-state index < -0.39 is 16.8 Å². The molecular formula is C14H16ClNO4. The van der Waals surface area contributed by atoms with Gasteiger partial charge in [-0.25, -0.2) is 0 Å². The van der Waals surface area contributed by atoms with Gasteiger partial charge in [0, 0.05) is 12.1 Å². The van der Waals surface area contributed by atoms with Gasteiger partial charge in [-0.3, -0.25) is 14.9 Å². The van der Waals surface area contributed by atoms with Crippen LogP contribution >= 0.6 is 11.6 Å². The van der Waals surface area contributed by atoms with Gasteiger partial charge in [0.05, 0.1) is 15.9 Å². The first-order valence-corrected chi connectivity index (χ1v) is 7.02. The van der Waals surface area contributed by atoms with Gasteiger partial charge in [0.2, 0.25) is 0 Å². The van der Waals surface area contributed by atoms with Crippen LogP contribution in [0.3, 0.4) is 0 Å². The van der Waals surface area contributed by atoms with E-state index in [-0.39, 0.29) is 16.6 Å². The van der Waals surface area contributed by atoms with Gasteiger partial charge in [0.25, 0.3) is 5.69 Å². The molecule has 0 heterocycles. The zero-order valence-corrected chi connectivity index (χ0v) is 11.7. The second kappa shape index (κ2) is 6.22. The first kappa shape index (κ1) is 14.8. The average molecular weight is 298 g/mol. The molecule has 2 rings (SSSR count). The number of carbonyl (C=O) groups is 1. The molecule has 0 spiro atoms. The summed E-state index contributed by atoms with van der Waals surface area (Å²) in [5, 5.41) is 20.3. The topological polar surface area (TPSA) is 80.4 Å². The number of carboxylic acid groups (broad SMARTS) is 1. The van der Waals surface area contributed by atoms with Crippen molar-refractivity contribution in [1.82, 2.24) is 0 Å². The summed E-state index contributed by atoms with van der Waals surface area (Å²) in [4.78, 5) is 21.6. The van der Waals surface area contributed by atoms with Crippen molar-refractivity contribution in [3.63, 3.8) is 0 Å². The van der Waals surface area contributed by atoms with E-state index in [1.54, 1.807) is 6.07 Å². The van der Waals surface area contributed by atoms with Gasteiger partial charge in [-0.1, -0.05) is 30.5 Å². The van der Waals surface area contributed by atoms with Gasteiger partial charge in [0.15, 0.2) is 0 Å². The van der Waals surface area contributed by atoms with E-state index in [0.717, 1.165) is 25.7 Å². The fourth-order valence-electron chi connectivity index (χ4n) is 2.87. The Morgan fingerprint density at radius 2 is 2.10 bits per heavy atom. The minimum atomic E-state index is -0.814. The minimum absolute atomic E-state index is 0.0773. The van der Waals surface area contributed by atoms with Crippen LogP contribution in [0.4, 0.5) is 5.69 Å². The summed E-state index contributed by atoms with van der Waals surface area (Å²) in [7, 11) is 0. The molecule has 20 heavy (non-hydrogen) atoms. The third-order valence-corrected chi connectivity index (χ3v) is 4.33. The molecule has 1 fully saturated rings. The highest BCUT2D eigenvalue weighted by molar-refractivity contribution is 6.31. The van der Waals surface area contributed by atoms with Crippen LogP contribution in [-0.2, 0) is 11.2 Å². The molecule has 0 bridgehead atoms. The van der Waals surface area contributed by atoms with Crippen LogP contribution in [0, 0.1) is 22.0 Å². The maximum absolute atomic E-state index is 11.4. The van der Waals surface area contributed by atoms with Crippen molar-refractivity contribution in [1.29, 1.82) is 0 Å². The van der Waals surface area contributed by atoms with E-state index in [9.17, 15) is 20.0 Å². The lowest BCUT2D eigenvalue weighted by atomic mass is 9.85. The first-order valence-electron chi connectivity index (χ1n) is 6.64. The van der Waals surface area contributed by atoms with Crippen molar-refractivity contribution in [2.45, 2.75) is 32.1 Å². The molecular weight excluding hydrogens is 282 g/mol. The second-order valence-corrected chi connectivity index (χ2v) is 5.63. The Hall–Kier alpha value is -1.62. The Bertz CT molecular complexity index is 526. The molecule has 1 aliphatic carbocycles. The molecule has 1 aromatic rings. The lowest BCUT2D eigenvalue weighted by Crippen LogP contribution is -2.24. The van der Waals surface area contributed by atoms with Crippen LogP contribution < -0.4 is 0 Å². The number of halogens is 1. The van der Waals surface area contributed by atoms with Crippen molar-refractivity contribution < 1.29 is 14.8 Å². The standard InChI is InChI=1S/C14H16ClNO4/c15-13-8-11(16(19)20)6-5-10(13)7-12(14(17)18)9-3-1-2-4-9/h5-6,8-9,12H,1-4,7H2,(H,17,18). The molecule has 1 unspecified atom stereocenters. The number of hydrogen-bond donors (Lipinski definition) is 1. The van der Waals surface area contributed by atoms with Crippen molar-refractivity contribution in [3.8, 4) is 0 Å². The van der Waals surface area contributed by atoms with Gasteiger partial charge < -0.3 is 5.11 Å². The Balaban J connectivity index is 2.18. The summed E-state index contributed by atoms with van der Waals surface area (Å²) >= 11 is 6.03. The molecule has 1 aliphatic rings. The number of nitro groups is 1. The number of carboxylic acids is 1. The molecule has 6 heteroatoms. The van der Waals surface area contributed by atoms with Crippen molar-refractivity contribution in [2.24, 2.45) is 11.8 Å². The number of aliphatic carboxylic acids is 1. The number of benzene rings is 1. The smallest absolute Gasteiger partial charge is 0.307 e. The fraction of sp³-hybridized carbons (Fsp3) is 0.500. The molecule has 1 N–H and O–H groups in total. The zero-order chi connectivity index (χ0) is 14.7. The summed E-state index contributed by atoms with van der Waals surface area (Å²) in [6.07, 6.45) is 4.34. The van der Waals surface area contributed by atoms with Gasteiger partial charge in [-0.15, -0.1) is 0 Å². The highest BCUT2D eigenvalue weighted by Gasteiger charge is 2.31. The van der Waals surface area contributed by atoms with Crippen LogP contribution in [0.25, 0.3) is 0 Å². The van der Waals surface area contributed by atoms with Gasteiger partial charge in [-0.05, 0) is 30.7 Å². The molecule has 0 radical (unpaired) electrons. The molecule has 1 saturated carbocycles. The van der Waals surface area contributed by atoms with E-state index in [1.165, 1.54) is 12.1 Å². The SMILES string of the molecule is O=C(O)C(Cc1ccc([N+](=O)[O-])cc1Cl)C1CCCC1. The molecule has 5 nitrogen and oxygen atoms in total. The van der Waals surface area contributed by atoms with Crippen molar-refractivity contribution >= 4 is 23.3 Å². The maximum atomic E-state index is 11.4. The van der Waals surface area contributed by atoms with E-state index in [4.69, 9.17) is 11.6 Å². The number of nitrogens with zero attached hydrogens (tertiary/aromatic N) is 1. The van der Waals surface area contributed by atoms with Crippen LogP contribution in [0.2, 0.25) is 5.02 Å². The van der Waals surface area contributed by atoms with Crippen molar-refractivity contribution in [3.05, 3.63) is 38.9 Å². The molecule has 1 aromatic carbocycles. The Morgan fingerprint density at radius 1 is 1.45 bits per heavy atom. The summed E-state index contributed by atoms with van der Waals surface area (Å²) in [6.45, 7) is 0. The predicted octanol–water partition coefficient (Wildman–Crippen LogP) is 3.68. The lowest BCUT2D eigenvalue weighted by molar-refractivity contribution is -0.384. The molecule has 0 aliphatic heterocycles. The summed E-state index contributed by atoms with van der Waals surface area (Å²) in [6, 6.07) is 4.21. The Labute approximate surface area is 121 Å².